The maximum atomic E-state index is 13.1. The Hall–Kier alpha value is -3.29. The van der Waals surface area contributed by atoms with E-state index in [1.165, 1.54) is 11.8 Å². The van der Waals surface area contributed by atoms with Crippen LogP contribution in [0.3, 0.4) is 0 Å². The first-order valence-electron chi connectivity index (χ1n) is 10.8. The number of benzene rings is 3. The van der Waals surface area contributed by atoms with Crippen LogP contribution in [0.4, 0.5) is 11.4 Å². The fourth-order valence-electron chi connectivity index (χ4n) is 3.50. The number of rotatable bonds is 7. The van der Waals surface area contributed by atoms with Crippen LogP contribution in [-0.2, 0) is 16.0 Å². The molecule has 3 aromatic rings. The topological polar surface area (TPSA) is 71.0 Å². The van der Waals surface area contributed by atoms with Gasteiger partial charge in [-0.05, 0) is 54.4 Å². The molecule has 2 amide bonds. The Morgan fingerprint density at radius 3 is 2.59 bits per heavy atom. The number of carbonyl (C=O) groups excluding carboxylic acids is 2. The smallest absolute Gasteiger partial charge is 0.238 e. The third-order valence-corrected chi connectivity index (χ3v) is 6.71. The minimum absolute atomic E-state index is 0.0933. The minimum atomic E-state index is -0.597. The highest BCUT2D eigenvalue weighted by Crippen LogP contribution is 2.31. The highest BCUT2D eigenvalue weighted by Gasteiger charge is 2.35. The molecular formula is C26H24ClN3O3S. The highest BCUT2D eigenvalue weighted by molar-refractivity contribution is 8.15. The van der Waals surface area contributed by atoms with Crippen LogP contribution in [0.2, 0.25) is 5.02 Å². The number of ether oxygens (including phenoxy) is 1. The summed E-state index contributed by atoms with van der Waals surface area (Å²) in [5, 5.41) is 3.34. The lowest BCUT2D eigenvalue weighted by Crippen LogP contribution is -2.46. The van der Waals surface area contributed by atoms with Crippen LogP contribution in [0.5, 0.6) is 5.75 Å². The number of amidine groups is 1. The zero-order valence-electron chi connectivity index (χ0n) is 18.6. The molecule has 1 aliphatic rings. The fourth-order valence-corrected chi connectivity index (χ4v) is 4.81. The first-order chi connectivity index (χ1) is 16.5. The van der Waals surface area contributed by atoms with E-state index in [0.717, 1.165) is 5.56 Å². The average Bonchev–Trinajstić information content (AvgIpc) is 2.84. The van der Waals surface area contributed by atoms with E-state index >= 15 is 0 Å². The minimum Gasteiger partial charge on any atom is -0.497 e. The van der Waals surface area contributed by atoms with E-state index < -0.39 is 5.25 Å². The molecule has 1 fully saturated rings. The van der Waals surface area contributed by atoms with Gasteiger partial charge in [0.15, 0.2) is 5.17 Å². The molecule has 3 aromatic carbocycles. The molecule has 174 valence electrons. The van der Waals surface area contributed by atoms with Crippen molar-refractivity contribution in [3.63, 3.8) is 0 Å². The van der Waals surface area contributed by atoms with Crippen molar-refractivity contribution in [2.24, 2.45) is 4.99 Å². The summed E-state index contributed by atoms with van der Waals surface area (Å²) < 4.78 is 5.16. The Labute approximate surface area is 208 Å². The number of carbonyl (C=O) groups is 2. The van der Waals surface area contributed by atoms with Crippen molar-refractivity contribution in [1.29, 1.82) is 0 Å². The molecule has 0 spiro atoms. The van der Waals surface area contributed by atoms with Gasteiger partial charge in [-0.3, -0.25) is 14.5 Å². The predicted molar refractivity (Wildman–Crippen MR) is 138 cm³/mol. The van der Waals surface area contributed by atoms with E-state index in [1.807, 2.05) is 36.4 Å². The molecule has 0 unspecified atom stereocenters. The van der Waals surface area contributed by atoms with E-state index in [2.05, 4.69) is 10.3 Å². The number of thioether (sulfide) groups is 1. The van der Waals surface area contributed by atoms with E-state index in [1.54, 1.807) is 54.5 Å². The number of hydrogen-bond donors (Lipinski definition) is 1. The first kappa shape index (κ1) is 23.9. The van der Waals surface area contributed by atoms with Crippen LogP contribution in [-0.4, -0.2) is 40.8 Å². The van der Waals surface area contributed by atoms with Crippen molar-refractivity contribution in [2.75, 3.05) is 19.0 Å². The van der Waals surface area contributed by atoms with Crippen molar-refractivity contribution in [2.45, 2.75) is 18.1 Å². The summed E-state index contributed by atoms with van der Waals surface area (Å²) in [5.74, 6) is 0.320. The van der Waals surface area contributed by atoms with E-state index in [9.17, 15) is 9.59 Å². The summed E-state index contributed by atoms with van der Waals surface area (Å²) in [6, 6.07) is 24.2. The fraction of sp³-hybridized carbons (Fsp3) is 0.192. The zero-order valence-corrected chi connectivity index (χ0v) is 20.2. The lowest BCUT2D eigenvalue weighted by atomic mass is 10.1. The number of methoxy groups -OCH3 is 1. The van der Waals surface area contributed by atoms with Gasteiger partial charge in [-0.2, -0.15) is 0 Å². The number of hydrogen-bond acceptors (Lipinski definition) is 5. The number of halogens is 1. The Morgan fingerprint density at radius 1 is 1.12 bits per heavy atom. The van der Waals surface area contributed by atoms with Crippen molar-refractivity contribution >= 4 is 51.7 Å². The van der Waals surface area contributed by atoms with Gasteiger partial charge >= 0.3 is 0 Å². The third kappa shape index (κ3) is 6.18. The van der Waals surface area contributed by atoms with Crippen LogP contribution < -0.4 is 10.1 Å². The van der Waals surface area contributed by atoms with Gasteiger partial charge in [-0.1, -0.05) is 59.8 Å². The van der Waals surface area contributed by atoms with Crippen molar-refractivity contribution in [1.82, 2.24) is 4.90 Å². The predicted octanol–water partition coefficient (Wildman–Crippen LogP) is 5.55. The Bertz CT molecular complexity index is 1190. The van der Waals surface area contributed by atoms with E-state index in [4.69, 9.17) is 16.3 Å². The standard InChI is InChI=1S/C26H24ClN3O3S/c1-33-22-12-10-20(11-13-22)28-25(32)23-17-24(31)30(15-14-18-6-3-2-4-7-18)26(34-23)29-21-9-5-8-19(27)16-21/h2-13,16,23H,14-15,17H2,1H3,(H,28,32)/t23-/m0/s1. The number of aliphatic imine (C=N–C) groups is 1. The van der Waals surface area contributed by atoms with Gasteiger partial charge in [-0.25, -0.2) is 4.99 Å². The van der Waals surface area contributed by atoms with Gasteiger partial charge in [0.25, 0.3) is 0 Å². The number of nitrogens with zero attached hydrogens (tertiary/aromatic N) is 2. The summed E-state index contributed by atoms with van der Waals surface area (Å²) in [7, 11) is 1.59. The Balaban J connectivity index is 1.54. The summed E-state index contributed by atoms with van der Waals surface area (Å²) in [5.41, 5.74) is 2.39. The molecule has 1 saturated heterocycles. The molecule has 4 rings (SSSR count). The second-order valence-corrected chi connectivity index (χ2v) is 9.29. The number of anilines is 1. The van der Waals surface area contributed by atoms with Crippen molar-refractivity contribution in [3.8, 4) is 5.75 Å². The number of nitrogens with one attached hydrogen (secondary N) is 1. The molecule has 1 N–H and O–H groups in total. The van der Waals surface area contributed by atoms with Gasteiger partial charge in [0.2, 0.25) is 11.8 Å². The quantitative estimate of drug-likeness (QED) is 0.468. The summed E-state index contributed by atoms with van der Waals surface area (Å²) >= 11 is 7.42. The monoisotopic (exact) mass is 493 g/mol. The number of amides is 2. The van der Waals surface area contributed by atoms with Crippen LogP contribution in [0.1, 0.15) is 12.0 Å². The Morgan fingerprint density at radius 2 is 1.88 bits per heavy atom. The summed E-state index contributed by atoms with van der Waals surface area (Å²) in [6.45, 7) is 0.474. The van der Waals surface area contributed by atoms with E-state index in [0.29, 0.717) is 40.3 Å². The second kappa shape index (κ2) is 11.2. The lowest BCUT2D eigenvalue weighted by molar-refractivity contribution is -0.129. The SMILES string of the molecule is COc1ccc(NC(=O)[C@@H]2CC(=O)N(CCc3ccccc3)C(=Nc3cccc(Cl)c3)S2)cc1. The molecule has 0 aromatic heterocycles. The van der Waals surface area contributed by atoms with Gasteiger partial charge in [0.05, 0.1) is 12.8 Å². The van der Waals surface area contributed by atoms with Gasteiger partial charge in [0.1, 0.15) is 11.0 Å². The maximum Gasteiger partial charge on any atom is 0.238 e. The van der Waals surface area contributed by atoms with Crippen molar-refractivity contribution < 1.29 is 14.3 Å². The third-order valence-electron chi connectivity index (χ3n) is 5.29. The van der Waals surface area contributed by atoms with Gasteiger partial charge in [-0.15, -0.1) is 0 Å². The van der Waals surface area contributed by atoms with Gasteiger partial charge in [0, 0.05) is 23.7 Å². The molecular weight excluding hydrogens is 470 g/mol. The molecule has 0 radical (unpaired) electrons. The molecule has 0 bridgehead atoms. The largest absolute Gasteiger partial charge is 0.497 e. The van der Waals surface area contributed by atoms with Gasteiger partial charge < -0.3 is 10.1 Å². The van der Waals surface area contributed by atoms with Crippen LogP contribution in [0.15, 0.2) is 83.9 Å². The molecule has 6 nitrogen and oxygen atoms in total. The summed E-state index contributed by atoms with van der Waals surface area (Å²) in [4.78, 5) is 32.5. The molecule has 0 aliphatic carbocycles. The summed E-state index contributed by atoms with van der Waals surface area (Å²) in [6.07, 6.45) is 0.778. The van der Waals surface area contributed by atoms with Crippen LogP contribution in [0, 0.1) is 0 Å². The maximum absolute atomic E-state index is 13.1. The molecule has 1 atom stereocenters. The van der Waals surface area contributed by atoms with E-state index in [-0.39, 0.29) is 18.2 Å². The Kier molecular flexibility index (Phi) is 7.87. The molecule has 1 aliphatic heterocycles. The van der Waals surface area contributed by atoms with Crippen LogP contribution in [0.25, 0.3) is 0 Å². The average molecular weight is 494 g/mol. The zero-order chi connectivity index (χ0) is 23.9. The molecule has 1 heterocycles. The second-order valence-electron chi connectivity index (χ2n) is 7.68. The first-order valence-corrected chi connectivity index (χ1v) is 12.1. The lowest BCUT2D eigenvalue weighted by Gasteiger charge is -2.32. The van der Waals surface area contributed by atoms with Crippen molar-refractivity contribution in [3.05, 3.63) is 89.4 Å². The highest BCUT2D eigenvalue weighted by atomic mass is 35.5. The molecule has 0 saturated carbocycles. The normalized spacial score (nSPS) is 17.0. The molecule has 8 heteroatoms. The van der Waals surface area contributed by atoms with Crippen LogP contribution >= 0.6 is 23.4 Å². The molecule has 34 heavy (non-hydrogen) atoms.